The van der Waals surface area contributed by atoms with E-state index in [2.05, 4.69) is 4.74 Å². The lowest BCUT2D eigenvalue weighted by Crippen LogP contribution is -2.17. The molecule has 92 valence electrons. The van der Waals surface area contributed by atoms with E-state index < -0.39 is 5.97 Å². The number of esters is 1. The van der Waals surface area contributed by atoms with E-state index in [0.717, 1.165) is 12.8 Å². The van der Waals surface area contributed by atoms with Crippen LogP contribution in [0.4, 0.5) is 0 Å². The standard InChI is InChI=1S/C14H18O3/c1-4-10(5-2)13(15)11-8-6-7-9-12(11)14(16)17-3/h6-10H,4-5H2,1-3H3. The van der Waals surface area contributed by atoms with Crippen LogP contribution in [0.1, 0.15) is 47.4 Å². The fourth-order valence-electron chi connectivity index (χ4n) is 1.87. The van der Waals surface area contributed by atoms with E-state index in [0.29, 0.717) is 11.1 Å². The maximum Gasteiger partial charge on any atom is 0.338 e. The zero-order valence-electron chi connectivity index (χ0n) is 10.5. The maximum absolute atomic E-state index is 12.2. The van der Waals surface area contributed by atoms with Gasteiger partial charge in [0.2, 0.25) is 0 Å². The van der Waals surface area contributed by atoms with Crippen LogP contribution in [0.3, 0.4) is 0 Å². The molecular formula is C14H18O3. The molecule has 0 heterocycles. The Morgan fingerprint density at radius 3 is 2.12 bits per heavy atom. The van der Waals surface area contributed by atoms with Crippen molar-refractivity contribution < 1.29 is 14.3 Å². The smallest absolute Gasteiger partial charge is 0.338 e. The average molecular weight is 234 g/mol. The predicted octanol–water partition coefficient (Wildman–Crippen LogP) is 3.09. The molecule has 0 aromatic heterocycles. The molecule has 0 atom stereocenters. The van der Waals surface area contributed by atoms with E-state index in [1.165, 1.54) is 7.11 Å². The number of methoxy groups -OCH3 is 1. The molecule has 0 aliphatic rings. The van der Waals surface area contributed by atoms with E-state index in [9.17, 15) is 9.59 Å². The van der Waals surface area contributed by atoms with Crippen LogP contribution in [0.5, 0.6) is 0 Å². The minimum atomic E-state index is -0.458. The molecule has 1 aromatic rings. The first kappa shape index (κ1) is 13.4. The molecular weight excluding hydrogens is 216 g/mol. The predicted molar refractivity (Wildman–Crippen MR) is 66.2 cm³/mol. The summed E-state index contributed by atoms with van der Waals surface area (Å²) in [6.07, 6.45) is 1.57. The molecule has 0 fully saturated rings. The van der Waals surface area contributed by atoms with Crippen molar-refractivity contribution in [2.75, 3.05) is 7.11 Å². The molecule has 0 aliphatic heterocycles. The molecule has 0 unspecified atom stereocenters. The zero-order chi connectivity index (χ0) is 12.8. The normalized spacial score (nSPS) is 10.4. The van der Waals surface area contributed by atoms with Crippen LogP contribution >= 0.6 is 0 Å². The summed E-state index contributed by atoms with van der Waals surface area (Å²) < 4.78 is 4.68. The van der Waals surface area contributed by atoms with Gasteiger partial charge in [-0.3, -0.25) is 4.79 Å². The Kier molecular flexibility index (Phi) is 4.88. The topological polar surface area (TPSA) is 43.4 Å². The van der Waals surface area contributed by atoms with Gasteiger partial charge in [-0.05, 0) is 18.9 Å². The Bertz CT molecular complexity index is 406. The Morgan fingerprint density at radius 1 is 1.12 bits per heavy atom. The van der Waals surface area contributed by atoms with Crippen LogP contribution in [0, 0.1) is 5.92 Å². The summed E-state index contributed by atoms with van der Waals surface area (Å²) in [6.45, 7) is 3.96. The Balaban J connectivity index is 3.13. The van der Waals surface area contributed by atoms with Gasteiger partial charge in [0.25, 0.3) is 0 Å². The Morgan fingerprint density at radius 2 is 1.65 bits per heavy atom. The first-order valence-corrected chi connectivity index (χ1v) is 5.87. The lowest BCUT2D eigenvalue weighted by Gasteiger charge is -2.13. The van der Waals surface area contributed by atoms with E-state index in [1.54, 1.807) is 24.3 Å². The Hall–Kier alpha value is -1.64. The summed E-state index contributed by atoms with van der Waals surface area (Å²) in [6, 6.07) is 6.81. The molecule has 0 saturated carbocycles. The zero-order valence-corrected chi connectivity index (χ0v) is 10.5. The highest BCUT2D eigenvalue weighted by molar-refractivity contribution is 6.07. The summed E-state index contributed by atoms with van der Waals surface area (Å²) in [5, 5.41) is 0. The number of carbonyl (C=O) groups excluding carboxylic acids is 2. The third-order valence-corrected chi connectivity index (χ3v) is 2.95. The number of Topliss-reactive ketones (excluding diaryl/α,β-unsaturated/α-hetero) is 1. The second kappa shape index (κ2) is 6.18. The molecule has 0 bridgehead atoms. The third-order valence-electron chi connectivity index (χ3n) is 2.95. The number of benzene rings is 1. The highest BCUT2D eigenvalue weighted by Crippen LogP contribution is 2.19. The van der Waals surface area contributed by atoms with E-state index in [-0.39, 0.29) is 11.7 Å². The summed E-state index contributed by atoms with van der Waals surface area (Å²) in [5.74, 6) is -0.461. The van der Waals surface area contributed by atoms with Gasteiger partial charge in [0.15, 0.2) is 5.78 Å². The van der Waals surface area contributed by atoms with Crippen LogP contribution in [0.2, 0.25) is 0 Å². The molecule has 3 heteroatoms. The molecule has 0 spiro atoms. The van der Waals surface area contributed by atoms with Crippen LogP contribution in [0.25, 0.3) is 0 Å². The lowest BCUT2D eigenvalue weighted by atomic mass is 9.90. The monoisotopic (exact) mass is 234 g/mol. The number of rotatable bonds is 5. The first-order chi connectivity index (χ1) is 8.15. The number of ketones is 1. The molecule has 17 heavy (non-hydrogen) atoms. The third kappa shape index (κ3) is 2.93. The first-order valence-electron chi connectivity index (χ1n) is 5.87. The van der Waals surface area contributed by atoms with Crippen molar-refractivity contribution in [1.82, 2.24) is 0 Å². The molecule has 0 aliphatic carbocycles. The molecule has 0 saturated heterocycles. The van der Waals surface area contributed by atoms with Gasteiger partial charge in [0.05, 0.1) is 12.7 Å². The van der Waals surface area contributed by atoms with E-state index in [4.69, 9.17) is 0 Å². The van der Waals surface area contributed by atoms with E-state index in [1.807, 2.05) is 13.8 Å². The minimum Gasteiger partial charge on any atom is -0.465 e. The quantitative estimate of drug-likeness (QED) is 0.581. The fraction of sp³-hybridized carbons (Fsp3) is 0.429. The van der Waals surface area contributed by atoms with Crippen molar-refractivity contribution >= 4 is 11.8 Å². The molecule has 1 aromatic carbocycles. The maximum atomic E-state index is 12.2. The lowest BCUT2D eigenvalue weighted by molar-refractivity contribution is 0.0596. The van der Waals surface area contributed by atoms with Crippen LogP contribution in [-0.2, 0) is 4.74 Å². The molecule has 0 radical (unpaired) electrons. The highest BCUT2D eigenvalue weighted by Gasteiger charge is 2.22. The summed E-state index contributed by atoms with van der Waals surface area (Å²) in [4.78, 5) is 23.8. The van der Waals surface area contributed by atoms with Crippen molar-refractivity contribution in [2.45, 2.75) is 26.7 Å². The second-order valence-electron chi connectivity index (χ2n) is 3.91. The van der Waals surface area contributed by atoms with Gasteiger partial charge < -0.3 is 4.74 Å². The van der Waals surface area contributed by atoms with Crippen molar-refractivity contribution in [1.29, 1.82) is 0 Å². The number of carbonyl (C=O) groups is 2. The van der Waals surface area contributed by atoms with Gasteiger partial charge in [0, 0.05) is 11.5 Å². The van der Waals surface area contributed by atoms with Gasteiger partial charge >= 0.3 is 5.97 Å². The molecule has 1 rings (SSSR count). The van der Waals surface area contributed by atoms with E-state index >= 15 is 0 Å². The van der Waals surface area contributed by atoms with Crippen molar-refractivity contribution in [3.05, 3.63) is 35.4 Å². The largest absolute Gasteiger partial charge is 0.465 e. The fourth-order valence-corrected chi connectivity index (χ4v) is 1.87. The second-order valence-corrected chi connectivity index (χ2v) is 3.91. The molecule has 3 nitrogen and oxygen atoms in total. The SMILES string of the molecule is CCC(CC)C(=O)c1ccccc1C(=O)OC. The van der Waals surface area contributed by atoms with Gasteiger partial charge in [-0.2, -0.15) is 0 Å². The van der Waals surface area contributed by atoms with Crippen LogP contribution < -0.4 is 0 Å². The minimum absolute atomic E-state index is 0.0241. The summed E-state index contributed by atoms with van der Waals surface area (Å²) >= 11 is 0. The number of ether oxygens (including phenoxy) is 1. The molecule has 0 N–H and O–H groups in total. The van der Waals surface area contributed by atoms with Gasteiger partial charge in [-0.25, -0.2) is 4.79 Å². The van der Waals surface area contributed by atoms with Crippen LogP contribution in [-0.4, -0.2) is 18.9 Å². The van der Waals surface area contributed by atoms with Crippen molar-refractivity contribution in [3.8, 4) is 0 Å². The Labute approximate surface area is 102 Å². The summed E-state index contributed by atoms with van der Waals surface area (Å²) in [5.41, 5.74) is 0.819. The number of hydrogen-bond acceptors (Lipinski definition) is 3. The average Bonchev–Trinajstić information content (AvgIpc) is 2.39. The molecule has 0 amide bonds. The van der Waals surface area contributed by atoms with Crippen molar-refractivity contribution in [2.24, 2.45) is 5.92 Å². The van der Waals surface area contributed by atoms with Gasteiger partial charge in [-0.15, -0.1) is 0 Å². The number of hydrogen-bond donors (Lipinski definition) is 0. The van der Waals surface area contributed by atoms with Gasteiger partial charge in [0.1, 0.15) is 0 Å². The van der Waals surface area contributed by atoms with Crippen molar-refractivity contribution in [3.63, 3.8) is 0 Å². The highest BCUT2D eigenvalue weighted by atomic mass is 16.5. The van der Waals surface area contributed by atoms with Crippen LogP contribution in [0.15, 0.2) is 24.3 Å². The van der Waals surface area contributed by atoms with Gasteiger partial charge in [-0.1, -0.05) is 32.0 Å². The summed E-state index contributed by atoms with van der Waals surface area (Å²) in [7, 11) is 1.32.